The molecular weight excluding hydrogens is 1160 g/mol. The van der Waals surface area contributed by atoms with E-state index in [0.717, 1.165) is 45.4 Å². The van der Waals surface area contributed by atoms with Crippen LogP contribution < -0.4 is 24.9 Å². The summed E-state index contributed by atoms with van der Waals surface area (Å²) in [4.78, 5) is 10.1. The third-order valence-electron chi connectivity index (χ3n) is 18.3. The summed E-state index contributed by atoms with van der Waals surface area (Å²) in [5, 5.41) is 8.03. The van der Waals surface area contributed by atoms with Gasteiger partial charge in [0.15, 0.2) is 0 Å². The Labute approximate surface area is 480 Å². The Morgan fingerprint density at radius 3 is 1.87 bits per heavy atom. The SMILES string of the molecule is CC(C)(C)c1cc(Oc2[c-]c3c(cc2)c2cc(C(C)(C)C)ccc2n3-c2cc(C3(c4cccc5ccccc45)C4CC5CC(C4)CC3C5)ccn2)[c-]c(N2[CH-]N(c3c([Si](C)(C)C)cccc3[Si](C)(C)C)c3ccccc32)c1.[Pt]. The molecule has 0 amide bonds. The van der Waals surface area contributed by atoms with Crippen molar-refractivity contribution < 1.29 is 25.8 Å². The predicted molar refractivity (Wildman–Crippen MR) is 329 cm³/mol. The van der Waals surface area contributed by atoms with Crippen molar-refractivity contribution in [1.29, 1.82) is 0 Å². The van der Waals surface area contributed by atoms with Crippen LogP contribution in [-0.4, -0.2) is 25.7 Å². The molecule has 4 bridgehead atoms. The Hall–Kier alpha value is -5.73. The third-order valence-corrected chi connectivity index (χ3v) is 22.4. The number of anilines is 4. The number of ether oxygens (including phenoxy) is 1. The van der Waals surface area contributed by atoms with E-state index in [-0.39, 0.29) is 37.3 Å². The zero-order valence-electron chi connectivity index (χ0n) is 47.8. The van der Waals surface area contributed by atoms with Gasteiger partial charge in [0.2, 0.25) is 0 Å². The molecule has 5 nitrogen and oxygen atoms in total. The maximum absolute atomic E-state index is 7.12. The Balaban J connectivity index is 0.00000609. The molecule has 0 unspecified atom stereocenters. The van der Waals surface area contributed by atoms with Crippen molar-refractivity contribution in [3.8, 4) is 17.3 Å². The number of rotatable bonds is 9. The molecule has 1 aliphatic heterocycles. The van der Waals surface area contributed by atoms with Crippen LogP contribution in [0.5, 0.6) is 11.5 Å². The van der Waals surface area contributed by atoms with Crippen molar-refractivity contribution in [2.75, 3.05) is 9.80 Å². The van der Waals surface area contributed by atoms with Gasteiger partial charge in [-0.1, -0.05) is 171 Å². The second-order valence-corrected chi connectivity index (χ2v) is 37.6. The second kappa shape index (κ2) is 19.0. The Bertz CT molecular complexity index is 3750. The summed E-state index contributed by atoms with van der Waals surface area (Å²) in [6, 6.07) is 60.5. The molecule has 7 aromatic carbocycles. The van der Waals surface area contributed by atoms with E-state index in [4.69, 9.17) is 9.72 Å². The average molecular weight is 1240 g/mol. The van der Waals surface area contributed by atoms with E-state index in [1.54, 1.807) is 0 Å². The maximum atomic E-state index is 7.12. The first-order chi connectivity index (χ1) is 36.6. The molecule has 9 aromatic rings. The number of hydrogen-bond acceptors (Lipinski definition) is 4. The zero-order chi connectivity index (χ0) is 53.6. The van der Waals surface area contributed by atoms with Crippen LogP contribution in [0, 0.1) is 42.5 Å². The minimum absolute atomic E-state index is 0. The van der Waals surface area contributed by atoms with E-state index in [0.29, 0.717) is 23.3 Å². The van der Waals surface area contributed by atoms with Gasteiger partial charge in [0.1, 0.15) is 5.82 Å². The van der Waals surface area contributed by atoms with E-state index in [1.807, 2.05) is 0 Å². The first-order valence-corrected chi connectivity index (χ1v) is 35.5. The maximum Gasteiger partial charge on any atom is 0.135 e. The molecule has 2 aromatic heterocycles. The van der Waals surface area contributed by atoms with Gasteiger partial charge in [-0.3, -0.25) is 0 Å². The van der Waals surface area contributed by atoms with Crippen LogP contribution in [0.1, 0.15) is 95.9 Å². The molecule has 3 heterocycles. The average Bonchev–Trinajstić information content (AvgIpc) is 2.99. The molecule has 0 radical (unpaired) electrons. The van der Waals surface area contributed by atoms with Crippen molar-refractivity contribution >= 4 is 81.8 Å². The fourth-order valence-electron chi connectivity index (χ4n) is 14.8. The van der Waals surface area contributed by atoms with Gasteiger partial charge in [-0.05, 0) is 140 Å². The van der Waals surface area contributed by atoms with Crippen LogP contribution in [0.4, 0.5) is 22.7 Å². The first-order valence-electron chi connectivity index (χ1n) is 28.5. The number of nitrogens with zero attached hydrogens (tertiary/aromatic N) is 4. The Kier molecular flexibility index (Phi) is 12.9. The number of fused-ring (bicyclic) bond motifs is 5. The summed E-state index contributed by atoms with van der Waals surface area (Å²) >= 11 is 0. The minimum atomic E-state index is -1.77. The van der Waals surface area contributed by atoms with E-state index >= 15 is 0 Å². The van der Waals surface area contributed by atoms with Gasteiger partial charge in [0.25, 0.3) is 0 Å². The summed E-state index contributed by atoms with van der Waals surface area (Å²) in [7, 11) is -3.54. The van der Waals surface area contributed by atoms with Gasteiger partial charge in [-0.15, -0.1) is 53.6 Å². The van der Waals surface area contributed by atoms with E-state index in [2.05, 4.69) is 260 Å². The van der Waals surface area contributed by atoms with Crippen LogP contribution in [0.2, 0.25) is 39.3 Å². The molecule has 4 saturated carbocycles. The molecule has 0 atom stereocenters. The van der Waals surface area contributed by atoms with E-state index in [9.17, 15) is 0 Å². The molecule has 5 aliphatic rings. The molecule has 0 saturated heterocycles. The normalized spacial score (nSPS) is 21.2. The number of para-hydroxylation sites is 3. The van der Waals surface area contributed by atoms with Gasteiger partial charge in [0, 0.05) is 66.8 Å². The summed E-state index contributed by atoms with van der Waals surface area (Å²) in [6.07, 6.45) is 8.71. The molecule has 0 N–H and O–H groups in total. The standard InChI is InChI=1S/C70H75N4OSi2.Pt/c1-68(2,3)48-27-30-60-58(40-48)57-29-28-54(43-63(57)74(60)66-41-49(31-32-71-66)70(51-34-45-33-46(36-51)37-52(70)35-45)59-22-17-20-47-19-13-14-21-56(47)59)75-55-39-50(69(4,5)6)38-53(42-55)72-44-73(62-24-16-15-23-61(62)72)67-64(76(7,8)9)25-18-26-65(67)77(10,11)12;/h13-32,38-41,44-46,51-52H,33-37H2,1-12H3;/q-3;. The van der Waals surface area contributed by atoms with E-state index in [1.165, 1.54) is 92.3 Å². The predicted octanol–water partition coefficient (Wildman–Crippen LogP) is 17.6. The second-order valence-electron chi connectivity index (χ2n) is 27.5. The van der Waals surface area contributed by atoms with Crippen molar-refractivity contribution in [1.82, 2.24) is 9.55 Å². The van der Waals surface area contributed by atoms with Gasteiger partial charge >= 0.3 is 0 Å². The van der Waals surface area contributed by atoms with Crippen molar-refractivity contribution in [2.45, 2.75) is 129 Å². The number of aromatic nitrogens is 2. The van der Waals surface area contributed by atoms with Crippen LogP contribution >= 0.6 is 0 Å². The molecule has 0 spiro atoms. The summed E-state index contributed by atoms with van der Waals surface area (Å²) < 4.78 is 9.50. The topological polar surface area (TPSA) is 33.5 Å². The van der Waals surface area contributed by atoms with Gasteiger partial charge < -0.3 is 19.1 Å². The van der Waals surface area contributed by atoms with E-state index < -0.39 is 16.1 Å². The molecule has 78 heavy (non-hydrogen) atoms. The van der Waals surface area contributed by atoms with Crippen molar-refractivity contribution in [3.05, 3.63) is 187 Å². The molecule has 14 rings (SSSR count). The Morgan fingerprint density at radius 2 is 1.21 bits per heavy atom. The zero-order valence-corrected chi connectivity index (χ0v) is 52.1. The van der Waals surface area contributed by atoms with Crippen molar-refractivity contribution in [2.24, 2.45) is 23.7 Å². The van der Waals surface area contributed by atoms with Gasteiger partial charge in [-0.2, -0.15) is 6.07 Å². The molecule has 4 fully saturated rings. The van der Waals surface area contributed by atoms with Gasteiger partial charge in [-0.25, -0.2) is 4.98 Å². The molecule has 8 heteroatoms. The summed E-state index contributed by atoms with van der Waals surface area (Å²) in [6.45, 7) is 30.9. The van der Waals surface area contributed by atoms with Crippen LogP contribution in [0.25, 0.3) is 38.4 Å². The number of benzene rings is 7. The fraction of sp³-hybridized carbons (Fsp3) is 0.343. The quantitative estimate of drug-likeness (QED) is 0.107. The smallest absolute Gasteiger partial charge is 0.135 e. The number of pyridine rings is 1. The summed E-state index contributed by atoms with van der Waals surface area (Å²) in [5.74, 6) is 5.07. The molecule has 402 valence electrons. The third kappa shape index (κ3) is 8.75. The molecular formula is C70H75N4OPtSi2-3. The summed E-state index contributed by atoms with van der Waals surface area (Å²) in [5.41, 5.74) is 11.8. The largest absolute Gasteiger partial charge is 0.509 e. The Morgan fingerprint density at radius 1 is 0.577 bits per heavy atom. The molecule has 4 aliphatic carbocycles. The van der Waals surface area contributed by atoms with Crippen molar-refractivity contribution in [3.63, 3.8) is 0 Å². The number of hydrogen-bond donors (Lipinski definition) is 0. The van der Waals surface area contributed by atoms with Crippen LogP contribution in [0.3, 0.4) is 0 Å². The van der Waals surface area contributed by atoms with Gasteiger partial charge in [0.05, 0.1) is 16.1 Å². The minimum Gasteiger partial charge on any atom is -0.509 e. The fourth-order valence-corrected chi connectivity index (χ4v) is 18.1. The van der Waals surface area contributed by atoms with Crippen LogP contribution in [0.15, 0.2) is 146 Å². The van der Waals surface area contributed by atoms with Crippen LogP contribution in [-0.2, 0) is 37.3 Å². The monoisotopic (exact) mass is 1240 g/mol. The first kappa shape index (κ1) is 52.9.